The summed E-state index contributed by atoms with van der Waals surface area (Å²) < 4.78 is 6.12. The average Bonchev–Trinajstić information content (AvgIpc) is 2.92. The van der Waals surface area contributed by atoms with Gasteiger partial charge in [0.1, 0.15) is 11.3 Å². The molecule has 3 rings (SSSR count). The second-order valence-corrected chi connectivity index (χ2v) is 6.04. The highest BCUT2D eigenvalue weighted by molar-refractivity contribution is 5.77. The predicted octanol–water partition coefficient (Wildman–Crippen LogP) is 4.71. The Labute approximate surface area is 121 Å². The van der Waals surface area contributed by atoms with Gasteiger partial charge in [0.2, 0.25) is 0 Å². The van der Waals surface area contributed by atoms with Gasteiger partial charge in [0.15, 0.2) is 0 Å². The third-order valence-electron chi connectivity index (χ3n) is 4.55. The monoisotopic (exact) mass is 271 g/mol. The molecule has 1 aromatic carbocycles. The maximum atomic E-state index is 6.12. The topological polar surface area (TPSA) is 25.2 Å². The lowest BCUT2D eigenvalue weighted by Crippen LogP contribution is -2.29. The van der Waals surface area contributed by atoms with E-state index < -0.39 is 0 Å². The second kappa shape index (κ2) is 6.45. The normalized spacial score (nSPS) is 23.2. The molecule has 2 nitrogen and oxygen atoms in total. The zero-order valence-electron chi connectivity index (χ0n) is 12.4. The summed E-state index contributed by atoms with van der Waals surface area (Å²) in [7, 11) is 0. The number of para-hydroxylation sites is 1. The highest BCUT2D eigenvalue weighted by Crippen LogP contribution is 2.39. The van der Waals surface area contributed by atoms with Gasteiger partial charge in [-0.15, -0.1) is 0 Å². The molecule has 1 N–H and O–H groups in total. The summed E-state index contributed by atoms with van der Waals surface area (Å²) in [5.41, 5.74) is 1.04. The Kier molecular flexibility index (Phi) is 4.41. The zero-order chi connectivity index (χ0) is 13.8. The largest absolute Gasteiger partial charge is 0.461 e. The lowest BCUT2D eigenvalue weighted by molar-refractivity contribution is 0.268. The average molecular weight is 271 g/mol. The van der Waals surface area contributed by atoms with Crippen LogP contribution in [0.2, 0.25) is 0 Å². The van der Waals surface area contributed by atoms with Gasteiger partial charge in [0.25, 0.3) is 0 Å². The molecule has 2 aromatic rings. The molecule has 1 aliphatic carbocycles. The second-order valence-electron chi connectivity index (χ2n) is 6.04. The van der Waals surface area contributed by atoms with Crippen molar-refractivity contribution in [3.8, 4) is 0 Å². The molecule has 0 radical (unpaired) electrons. The first-order chi connectivity index (χ1) is 9.88. The fourth-order valence-electron chi connectivity index (χ4n) is 3.48. The van der Waals surface area contributed by atoms with Gasteiger partial charge >= 0.3 is 0 Å². The number of hydrogen-bond acceptors (Lipinski definition) is 2. The van der Waals surface area contributed by atoms with Gasteiger partial charge in [-0.3, -0.25) is 0 Å². The molecule has 1 saturated carbocycles. The van der Waals surface area contributed by atoms with Crippen molar-refractivity contribution in [3.05, 3.63) is 36.1 Å². The number of furan rings is 1. The molecule has 0 saturated heterocycles. The minimum atomic E-state index is 0.598. The molecule has 1 aromatic heterocycles. The summed E-state index contributed by atoms with van der Waals surface area (Å²) in [6, 6.07) is 10.6. The van der Waals surface area contributed by atoms with Crippen LogP contribution in [0.25, 0.3) is 11.0 Å². The van der Waals surface area contributed by atoms with Gasteiger partial charge in [-0.05, 0) is 50.4 Å². The third-order valence-corrected chi connectivity index (χ3v) is 4.55. The quantitative estimate of drug-likeness (QED) is 0.797. The fraction of sp³-hybridized carbons (Fsp3) is 0.556. The first-order valence-corrected chi connectivity index (χ1v) is 8.07. The van der Waals surface area contributed by atoms with E-state index in [2.05, 4.69) is 42.6 Å². The van der Waals surface area contributed by atoms with Crippen LogP contribution in [0.4, 0.5) is 0 Å². The Balaban J connectivity index is 1.77. The Morgan fingerprint density at radius 2 is 2.05 bits per heavy atom. The minimum absolute atomic E-state index is 0.598. The zero-order valence-corrected chi connectivity index (χ0v) is 12.4. The van der Waals surface area contributed by atoms with Crippen molar-refractivity contribution in [3.63, 3.8) is 0 Å². The van der Waals surface area contributed by atoms with Crippen molar-refractivity contribution in [1.82, 2.24) is 5.32 Å². The highest BCUT2D eigenvalue weighted by atomic mass is 16.3. The van der Waals surface area contributed by atoms with Crippen LogP contribution in [0.1, 0.15) is 50.7 Å². The van der Waals surface area contributed by atoms with E-state index in [1.165, 1.54) is 43.3 Å². The Morgan fingerprint density at radius 1 is 1.20 bits per heavy atom. The summed E-state index contributed by atoms with van der Waals surface area (Å²) in [5.74, 6) is 2.53. The molecule has 0 amide bonds. The van der Waals surface area contributed by atoms with Gasteiger partial charge in [-0.1, -0.05) is 38.0 Å². The van der Waals surface area contributed by atoms with Crippen LogP contribution in [0.5, 0.6) is 0 Å². The van der Waals surface area contributed by atoms with Crippen LogP contribution >= 0.6 is 0 Å². The van der Waals surface area contributed by atoms with Crippen molar-refractivity contribution in [1.29, 1.82) is 0 Å². The van der Waals surface area contributed by atoms with E-state index in [1.54, 1.807) is 0 Å². The molecule has 20 heavy (non-hydrogen) atoms. The SMILES string of the molecule is CCCNCC1CCCCC1c1cc2ccccc2o1. The molecule has 1 heterocycles. The van der Waals surface area contributed by atoms with Gasteiger partial charge in [0, 0.05) is 11.3 Å². The lowest BCUT2D eigenvalue weighted by atomic mass is 9.78. The molecule has 2 unspecified atom stereocenters. The van der Waals surface area contributed by atoms with Gasteiger partial charge < -0.3 is 9.73 Å². The number of hydrogen-bond donors (Lipinski definition) is 1. The van der Waals surface area contributed by atoms with E-state index in [1.807, 2.05) is 0 Å². The van der Waals surface area contributed by atoms with Crippen LogP contribution in [0, 0.1) is 5.92 Å². The molecular weight excluding hydrogens is 246 g/mol. The maximum Gasteiger partial charge on any atom is 0.134 e. The summed E-state index contributed by atoms with van der Waals surface area (Å²) in [5, 5.41) is 4.84. The first-order valence-electron chi connectivity index (χ1n) is 8.07. The fourth-order valence-corrected chi connectivity index (χ4v) is 3.48. The number of nitrogens with one attached hydrogen (secondary N) is 1. The van der Waals surface area contributed by atoms with Crippen LogP contribution in [0.15, 0.2) is 34.7 Å². The third kappa shape index (κ3) is 2.90. The van der Waals surface area contributed by atoms with Crippen molar-refractivity contribution in [2.75, 3.05) is 13.1 Å². The molecule has 0 bridgehead atoms. The molecule has 1 fully saturated rings. The van der Waals surface area contributed by atoms with Gasteiger partial charge in [0.05, 0.1) is 0 Å². The standard InChI is InChI=1S/C18H25NO/c1-2-11-19-13-15-8-3-5-9-16(15)18-12-14-7-4-6-10-17(14)20-18/h4,6-7,10,12,15-16,19H,2-3,5,8-9,11,13H2,1H3. The molecule has 0 spiro atoms. The molecule has 2 heteroatoms. The van der Waals surface area contributed by atoms with E-state index in [0.717, 1.165) is 24.6 Å². The Morgan fingerprint density at radius 3 is 2.90 bits per heavy atom. The number of fused-ring (bicyclic) bond motifs is 1. The maximum absolute atomic E-state index is 6.12. The minimum Gasteiger partial charge on any atom is -0.461 e. The van der Waals surface area contributed by atoms with Crippen LogP contribution in [-0.4, -0.2) is 13.1 Å². The molecular formula is C18H25NO. The molecule has 0 aliphatic heterocycles. The summed E-state index contributed by atoms with van der Waals surface area (Å²) in [6.45, 7) is 4.49. The predicted molar refractivity (Wildman–Crippen MR) is 84.1 cm³/mol. The lowest BCUT2D eigenvalue weighted by Gasteiger charge is -2.30. The van der Waals surface area contributed by atoms with Gasteiger partial charge in [-0.25, -0.2) is 0 Å². The smallest absolute Gasteiger partial charge is 0.134 e. The van der Waals surface area contributed by atoms with Crippen molar-refractivity contribution in [2.45, 2.75) is 44.9 Å². The van der Waals surface area contributed by atoms with E-state index in [9.17, 15) is 0 Å². The van der Waals surface area contributed by atoms with Crippen molar-refractivity contribution >= 4 is 11.0 Å². The molecule has 2 atom stereocenters. The van der Waals surface area contributed by atoms with E-state index >= 15 is 0 Å². The number of benzene rings is 1. The van der Waals surface area contributed by atoms with Crippen molar-refractivity contribution < 1.29 is 4.42 Å². The van der Waals surface area contributed by atoms with Crippen LogP contribution < -0.4 is 5.32 Å². The summed E-state index contributed by atoms with van der Waals surface area (Å²) in [4.78, 5) is 0. The van der Waals surface area contributed by atoms with E-state index in [0.29, 0.717) is 5.92 Å². The van der Waals surface area contributed by atoms with Crippen molar-refractivity contribution in [2.24, 2.45) is 5.92 Å². The first kappa shape index (κ1) is 13.7. The van der Waals surface area contributed by atoms with Crippen LogP contribution in [-0.2, 0) is 0 Å². The van der Waals surface area contributed by atoms with Gasteiger partial charge in [-0.2, -0.15) is 0 Å². The highest BCUT2D eigenvalue weighted by Gasteiger charge is 2.28. The van der Waals surface area contributed by atoms with E-state index in [4.69, 9.17) is 4.42 Å². The molecule has 108 valence electrons. The van der Waals surface area contributed by atoms with Crippen LogP contribution in [0.3, 0.4) is 0 Å². The summed E-state index contributed by atoms with van der Waals surface area (Å²) >= 11 is 0. The molecule has 1 aliphatic rings. The summed E-state index contributed by atoms with van der Waals surface area (Å²) in [6.07, 6.45) is 6.53. The Hall–Kier alpha value is -1.28. The Bertz CT molecular complexity index is 512. The number of rotatable bonds is 5. The van der Waals surface area contributed by atoms with E-state index in [-0.39, 0.29) is 0 Å².